The lowest BCUT2D eigenvalue weighted by Crippen LogP contribution is -2.45. The third kappa shape index (κ3) is 5.37. The molecule has 1 aromatic heterocycles. The molecule has 0 radical (unpaired) electrons. The van der Waals surface area contributed by atoms with Crippen molar-refractivity contribution in [3.63, 3.8) is 0 Å². The summed E-state index contributed by atoms with van der Waals surface area (Å²) < 4.78 is 27.8. The number of carbonyl (C=O) groups excluding carboxylic acids is 1. The van der Waals surface area contributed by atoms with Gasteiger partial charge in [-0.15, -0.1) is 0 Å². The van der Waals surface area contributed by atoms with E-state index in [2.05, 4.69) is 20.3 Å². The molecule has 2 aromatic rings. The molecule has 1 aliphatic heterocycles. The monoisotopic (exact) mass is 437 g/mol. The molecule has 1 amide bonds. The van der Waals surface area contributed by atoms with Crippen molar-refractivity contribution in [1.82, 2.24) is 15.6 Å². The van der Waals surface area contributed by atoms with E-state index in [1.54, 1.807) is 0 Å². The predicted molar refractivity (Wildman–Crippen MR) is 114 cm³/mol. The zero-order chi connectivity index (χ0) is 21.0. The van der Waals surface area contributed by atoms with Crippen molar-refractivity contribution < 1.29 is 13.2 Å². The SMILES string of the molecule is CC(C)NC(=O)c1cc(NS(=O)(=O)c2ccc(Cl)cc2)cnc1N1CCNCC1. The van der Waals surface area contributed by atoms with Crippen LogP contribution in [0.4, 0.5) is 11.5 Å². The molecule has 0 aliphatic carbocycles. The van der Waals surface area contributed by atoms with Crippen molar-refractivity contribution in [2.45, 2.75) is 24.8 Å². The van der Waals surface area contributed by atoms with Gasteiger partial charge < -0.3 is 15.5 Å². The van der Waals surface area contributed by atoms with Gasteiger partial charge in [-0.25, -0.2) is 13.4 Å². The fourth-order valence-corrected chi connectivity index (χ4v) is 4.14. The van der Waals surface area contributed by atoms with Gasteiger partial charge in [0, 0.05) is 37.2 Å². The number of piperazine rings is 1. The average Bonchev–Trinajstić information content (AvgIpc) is 2.68. The summed E-state index contributed by atoms with van der Waals surface area (Å²) in [5.41, 5.74) is 0.546. The van der Waals surface area contributed by atoms with Crippen molar-refractivity contribution >= 4 is 39.0 Å². The van der Waals surface area contributed by atoms with Crippen LogP contribution >= 0.6 is 11.6 Å². The third-order valence-electron chi connectivity index (χ3n) is 4.32. The van der Waals surface area contributed by atoms with Crippen molar-refractivity contribution in [3.8, 4) is 0 Å². The summed E-state index contributed by atoms with van der Waals surface area (Å²) in [7, 11) is -3.84. The molecule has 3 N–H and O–H groups in total. The molecular formula is C19H24ClN5O3S. The summed E-state index contributed by atoms with van der Waals surface area (Å²) in [5.74, 6) is 0.243. The van der Waals surface area contributed by atoms with Crippen LogP contribution in [0.2, 0.25) is 5.02 Å². The number of amides is 1. The highest BCUT2D eigenvalue weighted by Gasteiger charge is 2.22. The van der Waals surface area contributed by atoms with Crippen molar-refractivity contribution in [3.05, 3.63) is 47.1 Å². The summed E-state index contributed by atoms with van der Waals surface area (Å²) >= 11 is 5.83. The molecule has 1 aromatic carbocycles. The van der Waals surface area contributed by atoms with Crippen LogP contribution in [0.15, 0.2) is 41.4 Å². The van der Waals surface area contributed by atoms with E-state index in [4.69, 9.17) is 11.6 Å². The van der Waals surface area contributed by atoms with Gasteiger partial charge in [0.05, 0.1) is 22.3 Å². The standard InChI is InChI=1S/C19H24ClN5O3S/c1-13(2)23-19(26)17-11-15(12-22-18(17)25-9-7-21-8-10-25)24-29(27,28)16-5-3-14(20)4-6-16/h3-6,11-13,21,24H,7-10H2,1-2H3,(H,23,26). The zero-order valence-corrected chi connectivity index (χ0v) is 17.8. The Hall–Kier alpha value is -2.36. The number of carbonyl (C=O) groups is 1. The Morgan fingerprint density at radius 2 is 1.86 bits per heavy atom. The van der Waals surface area contributed by atoms with Crippen LogP contribution in [0.1, 0.15) is 24.2 Å². The molecule has 1 saturated heterocycles. The minimum absolute atomic E-state index is 0.0622. The molecule has 2 heterocycles. The van der Waals surface area contributed by atoms with E-state index in [1.807, 2.05) is 18.7 Å². The first-order valence-electron chi connectivity index (χ1n) is 9.31. The third-order valence-corrected chi connectivity index (χ3v) is 5.97. The van der Waals surface area contributed by atoms with E-state index in [9.17, 15) is 13.2 Å². The maximum Gasteiger partial charge on any atom is 0.261 e. The Kier molecular flexibility index (Phi) is 6.61. The molecule has 3 rings (SSSR count). The van der Waals surface area contributed by atoms with Gasteiger partial charge in [-0.05, 0) is 44.2 Å². The van der Waals surface area contributed by atoms with Gasteiger partial charge in [-0.3, -0.25) is 9.52 Å². The first-order valence-corrected chi connectivity index (χ1v) is 11.2. The summed E-state index contributed by atoms with van der Waals surface area (Å²) in [5, 5.41) is 6.56. The maximum atomic E-state index is 12.8. The number of benzene rings is 1. The van der Waals surface area contributed by atoms with Crippen LogP contribution in [0.3, 0.4) is 0 Å². The number of nitrogens with one attached hydrogen (secondary N) is 3. The average molecular weight is 438 g/mol. The van der Waals surface area contributed by atoms with Crippen LogP contribution in [0, 0.1) is 0 Å². The van der Waals surface area contributed by atoms with Gasteiger partial charge in [0.15, 0.2) is 0 Å². The first-order chi connectivity index (χ1) is 13.8. The van der Waals surface area contributed by atoms with E-state index in [1.165, 1.54) is 36.5 Å². The van der Waals surface area contributed by atoms with Gasteiger partial charge in [0.2, 0.25) is 0 Å². The van der Waals surface area contributed by atoms with Crippen LogP contribution in [0.25, 0.3) is 0 Å². The van der Waals surface area contributed by atoms with E-state index in [0.717, 1.165) is 13.1 Å². The lowest BCUT2D eigenvalue weighted by atomic mass is 10.2. The fraction of sp³-hybridized carbons (Fsp3) is 0.368. The number of sulfonamides is 1. The Balaban J connectivity index is 1.93. The Labute approximate surface area is 175 Å². The van der Waals surface area contributed by atoms with Gasteiger partial charge in [0.25, 0.3) is 15.9 Å². The second-order valence-corrected chi connectivity index (χ2v) is 9.14. The predicted octanol–water partition coefficient (Wildman–Crippen LogP) is 2.08. The molecule has 1 aliphatic rings. The minimum Gasteiger partial charge on any atom is -0.353 e. The number of rotatable bonds is 6. The molecule has 0 saturated carbocycles. The largest absolute Gasteiger partial charge is 0.353 e. The van der Waals surface area contributed by atoms with Gasteiger partial charge in [-0.2, -0.15) is 0 Å². The van der Waals surface area contributed by atoms with Crippen molar-refractivity contribution in [1.29, 1.82) is 0 Å². The van der Waals surface area contributed by atoms with Crippen LogP contribution in [0.5, 0.6) is 0 Å². The van der Waals surface area contributed by atoms with E-state index in [-0.39, 0.29) is 22.5 Å². The highest BCUT2D eigenvalue weighted by atomic mass is 35.5. The lowest BCUT2D eigenvalue weighted by molar-refractivity contribution is 0.0943. The molecule has 0 spiro atoms. The summed E-state index contributed by atoms with van der Waals surface area (Å²) in [6.45, 7) is 6.73. The van der Waals surface area contributed by atoms with E-state index >= 15 is 0 Å². The fourth-order valence-electron chi connectivity index (χ4n) is 2.98. The summed E-state index contributed by atoms with van der Waals surface area (Å²) in [4.78, 5) is 19.3. The number of anilines is 2. The molecule has 10 heteroatoms. The summed E-state index contributed by atoms with van der Waals surface area (Å²) in [6, 6.07) is 7.30. The molecule has 8 nitrogen and oxygen atoms in total. The Bertz CT molecular complexity index is 974. The molecular weight excluding hydrogens is 414 g/mol. The van der Waals surface area contributed by atoms with Crippen LogP contribution < -0.4 is 20.3 Å². The maximum absolute atomic E-state index is 12.8. The number of hydrogen-bond acceptors (Lipinski definition) is 6. The Morgan fingerprint density at radius 3 is 2.48 bits per heavy atom. The van der Waals surface area contributed by atoms with Crippen LogP contribution in [-0.4, -0.2) is 51.5 Å². The quantitative estimate of drug-likeness (QED) is 0.639. The normalized spacial score (nSPS) is 14.7. The molecule has 1 fully saturated rings. The first kappa shape index (κ1) is 21.4. The van der Waals surface area contributed by atoms with E-state index < -0.39 is 10.0 Å². The second kappa shape index (κ2) is 8.98. The molecule has 0 atom stereocenters. The Morgan fingerprint density at radius 1 is 1.21 bits per heavy atom. The molecule has 156 valence electrons. The van der Waals surface area contributed by atoms with Gasteiger partial charge in [0.1, 0.15) is 5.82 Å². The second-order valence-electron chi connectivity index (χ2n) is 7.02. The summed E-state index contributed by atoms with van der Waals surface area (Å²) in [6.07, 6.45) is 1.43. The smallest absolute Gasteiger partial charge is 0.261 e. The minimum atomic E-state index is -3.84. The zero-order valence-electron chi connectivity index (χ0n) is 16.3. The van der Waals surface area contributed by atoms with Gasteiger partial charge in [-0.1, -0.05) is 11.6 Å². The van der Waals surface area contributed by atoms with Gasteiger partial charge >= 0.3 is 0 Å². The lowest BCUT2D eigenvalue weighted by Gasteiger charge is -2.30. The number of aromatic nitrogens is 1. The molecule has 29 heavy (non-hydrogen) atoms. The number of halogens is 1. The highest BCUT2D eigenvalue weighted by molar-refractivity contribution is 7.92. The van der Waals surface area contributed by atoms with Crippen LogP contribution in [-0.2, 0) is 10.0 Å². The number of nitrogens with zero attached hydrogens (tertiary/aromatic N) is 2. The van der Waals surface area contributed by atoms with Crippen molar-refractivity contribution in [2.75, 3.05) is 35.8 Å². The molecule has 0 bridgehead atoms. The van der Waals surface area contributed by atoms with Crippen molar-refractivity contribution in [2.24, 2.45) is 0 Å². The number of pyridine rings is 1. The topological polar surface area (TPSA) is 103 Å². The number of hydrogen-bond donors (Lipinski definition) is 3. The molecule has 0 unspecified atom stereocenters. The highest BCUT2D eigenvalue weighted by Crippen LogP contribution is 2.24. The van der Waals surface area contributed by atoms with E-state index in [0.29, 0.717) is 29.5 Å².